The third-order valence-corrected chi connectivity index (χ3v) is 4.25. The number of carbonyl (C=O) groups excluding carboxylic acids is 1. The SMILES string of the molecule is C=C(C)COc1cccc(C(=O)N2CCN(c3ccccc3)CC2)c1. The van der Waals surface area contributed by atoms with Crippen molar-refractivity contribution in [2.45, 2.75) is 6.92 Å². The molecule has 4 heteroatoms. The largest absolute Gasteiger partial charge is 0.489 e. The topological polar surface area (TPSA) is 32.8 Å². The summed E-state index contributed by atoms with van der Waals surface area (Å²) in [5.41, 5.74) is 2.84. The highest BCUT2D eigenvalue weighted by Crippen LogP contribution is 2.19. The highest BCUT2D eigenvalue weighted by Gasteiger charge is 2.22. The predicted octanol–water partition coefficient (Wildman–Crippen LogP) is 3.60. The Kier molecular flexibility index (Phi) is 5.39. The van der Waals surface area contributed by atoms with Gasteiger partial charge in [0, 0.05) is 37.4 Å². The van der Waals surface area contributed by atoms with Gasteiger partial charge in [-0.1, -0.05) is 30.8 Å². The van der Waals surface area contributed by atoms with Crippen molar-refractivity contribution >= 4 is 11.6 Å². The number of carbonyl (C=O) groups is 1. The number of hydrogen-bond donors (Lipinski definition) is 0. The molecule has 0 spiro atoms. The second-order valence-corrected chi connectivity index (χ2v) is 6.39. The molecule has 0 aromatic heterocycles. The van der Waals surface area contributed by atoms with Crippen LogP contribution in [0, 0.1) is 0 Å². The first kappa shape index (κ1) is 17.1. The van der Waals surface area contributed by atoms with Gasteiger partial charge in [0.2, 0.25) is 0 Å². The number of nitrogens with zero attached hydrogens (tertiary/aromatic N) is 2. The molecule has 4 nitrogen and oxygen atoms in total. The molecule has 0 N–H and O–H groups in total. The normalized spacial score (nSPS) is 14.3. The molecule has 25 heavy (non-hydrogen) atoms. The van der Waals surface area contributed by atoms with Crippen LogP contribution in [0.15, 0.2) is 66.7 Å². The Balaban J connectivity index is 1.61. The summed E-state index contributed by atoms with van der Waals surface area (Å²) in [6.45, 7) is 9.36. The fraction of sp³-hybridized carbons (Fsp3) is 0.286. The van der Waals surface area contributed by atoms with E-state index >= 15 is 0 Å². The summed E-state index contributed by atoms with van der Waals surface area (Å²) >= 11 is 0. The van der Waals surface area contributed by atoms with E-state index in [2.05, 4.69) is 23.6 Å². The number of piperazine rings is 1. The molecule has 0 atom stereocenters. The van der Waals surface area contributed by atoms with Crippen molar-refractivity contribution in [3.63, 3.8) is 0 Å². The van der Waals surface area contributed by atoms with Crippen LogP contribution in [0.3, 0.4) is 0 Å². The Morgan fingerprint density at radius 3 is 2.44 bits per heavy atom. The first-order chi connectivity index (χ1) is 12.1. The van der Waals surface area contributed by atoms with Crippen molar-refractivity contribution in [3.8, 4) is 5.75 Å². The lowest BCUT2D eigenvalue weighted by Crippen LogP contribution is -2.48. The first-order valence-corrected chi connectivity index (χ1v) is 8.60. The number of anilines is 1. The third-order valence-electron chi connectivity index (χ3n) is 4.25. The van der Waals surface area contributed by atoms with Crippen molar-refractivity contribution < 1.29 is 9.53 Å². The lowest BCUT2D eigenvalue weighted by molar-refractivity contribution is 0.0746. The van der Waals surface area contributed by atoms with E-state index in [1.54, 1.807) is 0 Å². The lowest BCUT2D eigenvalue weighted by Gasteiger charge is -2.36. The van der Waals surface area contributed by atoms with Crippen molar-refractivity contribution in [2.24, 2.45) is 0 Å². The zero-order chi connectivity index (χ0) is 17.6. The van der Waals surface area contributed by atoms with E-state index in [0.29, 0.717) is 17.9 Å². The third kappa shape index (κ3) is 4.41. The Morgan fingerprint density at radius 1 is 1.04 bits per heavy atom. The van der Waals surface area contributed by atoms with Gasteiger partial charge >= 0.3 is 0 Å². The van der Waals surface area contributed by atoms with Crippen molar-refractivity contribution in [3.05, 3.63) is 72.3 Å². The molecule has 1 heterocycles. The number of amides is 1. The molecule has 0 radical (unpaired) electrons. The molecule has 1 fully saturated rings. The fourth-order valence-corrected chi connectivity index (χ4v) is 2.91. The van der Waals surface area contributed by atoms with Crippen LogP contribution < -0.4 is 9.64 Å². The van der Waals surface area contributed by atoms with E-state index in [0.717, 1.165) is 31.8 Å². The Morgan fingerprint density at radius 2 is 1.76 bits per heavy atom. The second-order valence-electron chi connectivity index (χ2n) is 6.39. The molecule has 0 unspecified atom stereocenters. The lowest BCUT2D eigenvalue weighted by atomic mass is 10.1. The molecule has 0 saturated carbocycles. The van der Waals surface area contributed by atoms with Gasteiger partial charge in [-0.25, -0.2) is 0 Å². The molecule has 1 aliphatic heterocycles. The minimum atomic E-state index is 0.0634. The monoisotopic (exact) mass is 336 g/mol. The highest BCUT2D eigenvalue weighted by molar-refractivity contribution is 5.94. The minimum absolute atomic E-state index is 0.0634. The summed E-state index contributed by atoms with van der Waals surface area (Å²) < 4.78 is 5.64. The number of ether oxygens (including phenoxy) is 1. The Hall–Kier alpha value is -2.75. The maximum Gasteiger partial charge on any atom is 0.254 e. The summed E-state index contributed by atoms with van der Waals surface area (Å²) in [5, 5.41) is 0. The average molecular weight is 336 g/mol. The van der Waals surface area contributed by atoms with Crippen LogP contribution in [-0.2, 0) is 0 Å². The maximum absolute atomic E-state index is 12.8. The van der Waals surface area contributed by atoms with E-state index in [4.69, 9.17) is 4.74 Å². The van der Waals surface area contributed by atoms with Gasteiger partial charge in [0.05, 0.1) is 0 Å². The Labute approximate surface area is 149 Å². The summed E-state index contributed by atoms with van der Waals surface area (Å²) in [6.07, 6.45) is 0. The number of hydrogen-bond acceptors (Lipinski definition) is 3. The van der Waals surface area contributed by atoms with Crippen molar-refractivity contribution in [2.75, 3.05) is 37.7 Å². The van der Waals surface area contributed by atoms with Crippen LogP contribution in [0.1, 0.15) is 17.3 Å². The van der Waals surface area contributed by atoms with Gasteiger partial charge in [-0.2, -0.15) is 0 Å². The minimum Gasteiger partial charge on any atom is -0.489 e. The van der Waals surface area contributed by atoms with Crippen LogP contribution in [0.2, 0.25) is 0 Å². The van der Waals surface area contributed by atoms with Gasteiger partial charge in [-0.15, -0.1) is 0 Å². The van der Waals surface area contributed by atoms with Crippen LogP contribution >= 0.6 is 0 Å². The molecular formula is C21H24N2O2. The molecule has 1 saturated heterocycles. The van der Waals surface area contributed by atoms with Crippen LogP contribution in [0.25, 0.3) is 0 Å². The van der Waals surface area contributed by atoms with Crippen LogP contribution in [0.4, 0.5) is 5.69 Å². The maximum atomic E-state index is 12.8. The molecular weight excluding hydrogens is 312 g/mol. The number of benzene rings is 2. The van der Waals surface area contributed by atoms with Crippen molar-refractivity contribution in [1.82, 2.24) is 4.90 Å². The van der Waals surface area contributed by atoms with E-state index < -0.39 is 0 Å². The molecule has 1 aliphatic rings. The summed E-state index contributed by atoms with van der Waals surface area (Å²) in [5.74, 6) is 0.769. The molecule has 0 aliphatic carbocycles. The van der Waals surface area contributed by atoms with Crippen LogP contribution in [-0.4, -0.2) is 43.6 Å². The van der Waals surface area contributed by atoms with Gasteiger partial charge < -0.3 is 14.5 Å². The Bertz CT molecular complexity index is 735. The zero-order valence-corrected chi connectivity index (χ0v) is 14.6. The molecule has 2 aromatic carbocycles. The highest BCUT2D eigenvalue weighted by atomic mass is 16.5. The summed E-state index contributed by atoms with van der Waals surface area (Å²) in [4.78, 5) is 17.0. The van der Waals surface area contributed by atoms with E-state index in [1.807, 2.05) is 54.3 Å². The second kappa shape index (κ2) is 7.88. The summed E-state index contributed by atoms with van der Waals surface area (Å²) in [7, 11) is 0. The molecule has 130 valence electrons. The van der Waals surface area contributed by atoms with Crippen molar-refractivity contribution in [1.29, 1.82) is 0 Å². The number of para-hydroxylation sites is 1. The first-order valence-electron chi connectivity index (χ1n) is 8.60. The van der Waals surface area contributed by atoms with Gasteiger partial charge in [-0.3, -0.25) is 4.79 Å². The van der Waals surface area contributed by atoms with Gasteiger partial charge in [-0.05, 0) is 42.8 Å². The number of rotatable bonds is 5. The quantitative estimate of drug-likeness (QED) is 0.782. The molecule has 0 bridgehead atoms. The zero-order valence-electron chi connectivity index (χ0n) is 14.6. The van der Waals surface area contributed by atoms with Crippen LogP contribution in [0.5, 0.6) is 5.75 Å². The van der Waals surface area contributed by atoms with E-state index in [-0.39, 0.29) is 5.91 Å². The van der Waals surface area contributed by atoms with E-state index in [1.165, 1.54) is 5.69 Å². The molecule has 2 aromatic rings. The smallest absolute Gasteiger partial charge is 0.254 e. The van der Waals surface area contributed by atoms with Gasteiger partial charge in [0.1, 0.15) is 12.4 Å². The van der Waals surface area contributed by atoms with Gasteiger partial charge in [0.25, 0.3) is 5.91 Å². The summed E-state index contributed by atoms with van der Waals surface area (Å²) in [6, 6.07) is 17.7. The standard InChI is InChI=1S/C21H24N2O2/c1-17(2)16-25-20-10-6-7-18(15-20)21(24)23-13-11-22(12-14-23)19-8-4-3-5-9-19/h3-10,15H,1,11-14,16H2,2H3. The van der Waals surface area contributed by atoms with E-state index in [9.17, 15) is 4.79 Å². The average Bonchev–Trinajstić information content (AvgIpc) is 2.67. The molecule has 1 amide bonds. The van der Waals surface area contributed by atoms with Gasteiger partial charge in [0.15, 0.2) is 0 Å². The molecule has 3 rings (SSSR count). The fourth-order valence-electron chi connectivity index (χ4n) is 2.91. The predicted molar refractivity (Wildman–Crippen MR) is 101 cm³/mol.